The zero-order valence-corrected chi connectivity index (χ0v) is 17.4. The van der Waals surface area contributed by atoms with Gasteiger partial charge in [-0.05, 0) is 43.1 Å². The van der Waals surface area contributed by atoms with Gasteiger partial charge in [0, 0.05) is 38.8 Å². The molecule has 0 atom stereocenters. The maximum Gasteiger partial charge on any atom is 0.121 e. The van der Waals surface area contributed by atoms with Gasteiger partial charge in [-0.1, -0.05) is 35.3 Å². The first-order chi connectivity index (χ1) is 13.7. The minimum atomic E-state index is 0.620. The van der Waals surface area contributed by atoms with Crippen LogP contribution in [-0.2, 0) is 6.54 Å². The van der Waals surface area contributed by atoms with Crippen molar-refractivity contribution < 1.29 is 4.74 Å². The molecule has 0 saturated carbocycles. The average molecular weight is 421 g/mol. The molecule has 2 heterocycles. The van der Waals surface area contributed by atoms with Gasteiger partial charge in [0.2, 0.25) is 0 Å². The number of benzene rings is 2. The number of nitrogens with zero attached hydrogens (tertiary/aromatic N) is 2. The van der Waals surface area contributed by atoms with Gasteiger partial charge in [0.25, 0.3) is 0 Å². The van der Waals surface area contributed by atoms with Crippen molar-refractivity contribution in [3.05, 3.63) is 52.0 Å². The fourth-order valence-electron chi connectivity index (χ4n) is 3.80. The van der Waals surface area contributed by atoms with Gasteiger partial charge in [0.05, 0.1) is 28.0 Å². The fourth-order valence-corrected chi connectivity index (χ4v) is 4.22. The van der Waals surface area contributed by atoms with Crippen LogP contribution in [0.3, 0.4) is 0 Å². The first kappa shape index (κ1) is 19.6. The lowest BCUT2D eigenvalue weighted by molar-refractivity contribution is 0.244. The number of anilines is 2. The molecular weight excluding hydrogens is 395 g/mol. The Hall–Kier alpha value is -1.66. The van der Waals surface area contributed by atoms with Crippen LogP contribution in [0, 0.1) is 0 Å². The van der Waals surface area contributed by atoms with E-state index < -0.39 is 0 Å². The molecular formula is C21H26Cl2N4O. The van der Waals surface area contributed by atoms with Crippen molar-refractivity contribution in [1.82, 2.24) is 10.3 Å². The van der Waals surface area contributed by atoms with E-state index in [1.54, 1.807) is 0 Å². The molecule has 1 saturated heterocycles. The minimum absolute atomic E-state index is 0.620. The van der Waals surface area contributed by atoms with Crippen molar-refractivity contribution in [3.63, 3.8) is 0 Å². The van der Waals surface area contributed by atoms with E-state index >= 15 is 0 Å². The lowest BCUT2D eigenvalue weighted by Crippen LogP contribution is -2.32. The van der Waals surface area contributed by atoms with Crippen LogP contribution in [0.5, 0.6) is 5.75 Å². The highest BCUT2D eigenvalue weighted by atomic mass is 35.5. The predicted molar refractivity (Wildman–Crippen MR) is 117 cm³/mol. The van der Waals surface area contributed by atoms with Gasteiger partial charge in [0.1, 0.15) is 5.75 Å². The van der Waals surface area contributed by atoms with E-state index in [1.165, 1.54) is 5.56 Å². The fraction of sp³-hybridized carbons (Fsp3) is 0.429. The van der Waals surface area contributed by atoms with Gasteiger partial charge in [-0.2, -0.15) is 0 Å². The van der Waals surface area contributed by atoms with Crippen molar-refractivity contribution >= 4 is 34.6 Å². The summed E-state index contributed by atoms with van der Waals surface area (Å²) in [5.74, 6) is 0.924. The molecule has 28 heavy (non-hydrogen) atoms. The molecule has 5 nitrogen and oxygen atoms in total. The van der Waals surface area contributed by atoms with Crippen molar-refractivity contribution in [1.29, 1.82) is 0 Å². The molecule has 0 radical (unpaired) electrons. The van der Waals surface area contributed by atoms with Crippen molar-refractivity contribution in [2.24, 2.45) is 0 Å². The van der Waals surface area contributed by atoms with E-state index in [4.69, 9.17) is 27.9 Å². The molecule has 2 N–H and O–H groups in total. The Labute approximate surface area is 176 Å². The van der Waals surface area contributed by atoms with E-state index in [2.05, 4.69) is 38.9 Å². The summed E-state index contributed by atoms with van der Waals surface area (Å²) >= 11 is 12.6. The summed E-state index contributed by atoms with van der Waals surface area (Å²) in [7, 11) is 0. The standard InChI is InChI=1S/C21H26Cl2N4O/c22-18-4-1-5-20(21(18)23)27-10-2-8-26(11-12-27)9-3-13-28-17-7-6-16-15-24-25-19(16)14-17/h1,4-7,14,24-25H,2-3,8-13,15H2. The maximum atomic E-state index is 6.40. The van der Waals surface area contributed by atoms with E-state index in [9.17, 15) is 0 Å². The van der Waals surface area contributed by atoms with Gasteiger partial charge in [-0.3, -0.25) is 0 Å². The van der Waals surface area contributed by atoms with E-state index in [-0.39, 0.29) is 0 Å². The second-order valence-corrected chi connectivity index (χ2v) is 8.04. The van der Waals surface area contributed by atoms with Crippen LogP contribution in [0.15, 0.2) is 36.4 Å². The van der Waals surface area contributed by atoms with Crippen LogP contribution in [0.2, 0.25) is 10.0 Å². The maximum absolute atomic E-state index is 6.40. The summed E-state index contributed by atoms with van der Waals surface area (Å²) in [6.45, 7) is 6.73. The third-order valence-corrected chi connectivity index (χ3v) is 6.14. The number of ether oxygens (including phenoxy) is 1. The molecule has 2 aromatic rings. The Morgan fingerprint density at radius 1 is 1.04 bits per heavy atom. The van der Waals surface area contributed by atoms with Crippen LogP contribution < -0.4 is 20.5 Å². The highest BCUT2D eigenvalue weighted by Gasteiger charge is 2.18. The molecule has 4 rings (SSSR count). The van der Waals surface area contributed by atoms with Gasteiger partial charge in [0.15, 0.2) is 0 Å². The van der Waals surface area contributed by atoms with Gasteiger partial charge < -0.3 is 20.0 Å². The van der Waals surface area contributed by atoms with Crippen LogP contribution >= 0.6 is 23.2 Å². The Kier molecular flexibility index (Phi) is 6.47. The number of hydrogen-bond donors (Lipinski definition) is 2. The van der Waals surface area contributed by atoms with Crippen LogP contribution in [0.1, 0.15) is 18.4 Å². The van der Waals surface area contributed by atoms with Gasteiger partial charge in [-0.25, -0.2) is 5.43 Å². The van der Waals surface area contributed by atoms with Crippen molar-refractivity contribution in [2.75, 3.05) is 49.7 Å². The summed E-state index contributed by atoms with van der Waals surface area (Å²) in [6, 6.07) is 12.1. The molecule has 0 amide bonds. The van der Waals surface area contributed by atoms with Gasteiger partial charge >= 0.3 is 0 Å². The number of halogens is 2. The molecule has 1 fully saturated rings. The first-order valence-electron chi connectivity index (χ1n) is 9.86. The number of fused-ring (bicyclic) bond motifs is 1. The highest BCUT2D eigenvalue weighted by Crippen LogP contribution is 2.33. The van der Waals surface area contributed by atoms with E-state index in [1.807, 2.05) is 18.2 Å². The smallest absolute Gasteiger partial charge is 0.121 e. The summed E-state index contributed by atoms with van der Waals surface area (Å²) in [4.78, 5) is 4.85. The number of hydrogen-bond acceptors (Lipinski definition) is 5. The SMILES string of the molecule is Clc1cccc(N2CCCN(CCCOc3ccc4c(c3)NNC4)CC2)c1Cl. The topological polar surface area (TPSA) is 39.8 Å². The van der Waals surface area contributed by atoms with Crippen LogP contribution in [0.4, 0.5) is 11.4 Å². The largest absolute Gasteiger partial charge is 0.493 e. The van der Waals surface area contributed by atoms with Crippen molar-refractivity contribution in [2.45, 2.75) is 19.4 Å². The van der Waals surface area contributed by atoms with E-state index in [0.29, 0.717) is 10.0 Å². The molecule has 0 aliphatic carbocycles. The van der Waals surface area contributed by atoms with E-state index in [0.717, 1.165) is 75.8 Å². The Morgan fingerprint density at radius 2 is 1.96 bits per heavy atom. The molecule has 150 valence electrons. The normalized spacial score (nSPS) is 17.1. The summed E-state index contributed by atoms with van der Waals surface area (Å²) in [5.41, 5.74) is 9.71. The minimum Gasteiger partial charge on any atom is -0.493 e. The number of rotatable bonds is 6. The quantitative estimate of drug-likeness (QED) is 0.677. The Morgan fingerprint density at radius 3 is 2.89 bits per heavy atom. The lowest BCUT2D eigenvalue weighted by Gasteiger charge is -2.25. The third kappa shape index (κ3) is 4.66. The highest BCUT2D eigenvalue weighted by molar-refractivity contribution is 6.43. The zero-order chi connectivity index (χ0) is 19.3. The summed E-state index contributed by atoms with van der Waals surface area (Å²) in [6.07, 6.45) is 2.13. The molecule has 0 bridgehead atoms. The summed E-state index contributed by atoms with van der Waals surface area (Å²) < 4.78 is 5.94. The Bertz CT molecular complexity index is 817. The van der Waals surface area contributed by atoms with Crippen molar-refractivity contribution in [3.8, 4) is 5.75 Å². The molecule has 0 aromatic heterocycles. The van der Waals surface area contributed by atoms with Gasteiger partial charge in [-0.15, -0.1) is 0 Å². The molecule has 2 aliphatic rings. The predicted octanol–water partition coefficient (Wildman–Crippen LogP) is 4.40. The lowest BCUT2D eigenvalue weighted by atomic mass is 10.2. The molecule has 2 aromatic carbocycles. The molecule has 0 spiro atoms. The van der Waals surface area contributed by atoms with Crippen LogP contribution in [-0.4, -0.2) is 44.2 Å². The second-order valence-electron chi connectivity index (χ2n) is 7.25. The molecule has 7 heteroatoms. The average Bonchev–Trinajstić information content (AvgIpc) is 3.05. The molecule has 2 aliphatic heterocycles. The van der Waals surface area contributed by atoms with Crippen LogP contribution in [0.25, 0.3) is 0 Å². The zero-order valence-electron chi connectivity index (χ0n) is 15.9. The number of nitrogens with one attached hydrogen (secondary N) is 2. The Balaban J connectivity index is 1.22. The monoisotopic (exact) mass is 420 g/mol. The second kappa shape index (κ2) is 9.23. The number of hydrazine groups is 1. The summed E-state index contributed by atoms with van der Waals surface area (Å²) in [5, 5.41) is 1.28. The third-order valence-electron chi connectivity index (χ3n) is 5.33. The molecule has 0 unspecified atom stereocenters. The first-order valence-corrected chi connectivity index (χ1v) is 10.6.